The van der Waals surface area contributed by atoms with E-state index in [9.17, 15) is 15.3 Å². The Labute approximate surface area is 111 Å². The first-order chi connectivity index (χ1) is 6.70. The van der Waals surface area contributed by atoms with E-state index >= 15 is 0 Å². The molecule has 1 saturated heterocycles. The van der Waals surface area contributed by atoms with Gasteiger partial charge in [0.05, 0.1) is 13.2 Å². The van der Waals surface area contributed by atoms with Gasteiger partial charge in [0.2, 0.25) is 0 Å². The average Bonchev–Trinajstić information content (AvgIpc) is 2.61. The van der Waals surface area contributed by atoms with E-state index in [0.717, 1.165) is 13.2 Å². The Morgan fingerprint density at radius 1 is 0.688 bits per heavy atom. The zero-order valence-corrected chi connectivity index (χ0v) is 12.5. The van der Waals surface area contributed by atoms with E-state index in [4.69, 9.17) is 0 Å². The molecule has 4 nitrogen and oxygen atoms in total. The SMILES string of the molecule is C1CO1.CC(C)[O-].CC(C)[O-].CC(C)[O-].[Al+3]. The summed E-state index contributed by atoms with van der Waals surface area (Å²) >= 11 is 0. The quantitative estimate of drug-likeness (QED) is 0.402. The summed E-state index contributed by atoms with van der Waals surface area (Å²) in [6.07, 6.45) is -1.25. The average molecular weight is 248 g/mol. The minimum atomic E-state index is -0.417. The van der Waals surface area contributed by atoms with Crippen LogP contribution in [0.25, 0.3) is 0 Å². The van der Waals surface area contributed by atoms with Gasteiger partial charge in [-0.3, -0.25) is 0 Å². The van der Waals surface area contributed by atoms with Crippen molar-refractivity contribution in [2.45, 2.75) is 59.9 Å². The second kappa shape index (κ2) is 20.7. The summed E-state index contributed by atoms with van der Waals surface area (Å²) in [6, 6.07) is 0. The molecule has 0 aromatic heterocycles. The van der Waals surface area contributed by atoms with E-state index in [1.165, 1.54) is 0 Å². The maximum Gasteiger partial charge on any atom is 3.00 e. The topological polar surface area (TPSA) is 81.7 Å². The Morgan fingerprint density at radius 2 is 0.750 bits per heavy atom. The molecule has 0 unspecified atom stereocenters. The van der Waals surface area contributed by atoms with Crippen LogP contribution in [0.2, 0.25) is 0 Å². The van der Waals surface area contributed by atoms with Gasteiger partial charge in [-0.2, -0.15) is 0 Å². The van der Waals surface area contributed by atoms with Gasteiger partial charge in [0, 0.05) is 0 Å². The molecule has 0 spiro atoms. The van der Waals surface area contributed by atoms with Gasteiger partial charge in [0.1, 0.15) is 0 Å². The zero-order chi connectivity index (χ0) is 12.9. The summed E-state index contributed by atoms with van der Waals surface area (Å²) in [7, 11) is 0. The van der Waals surface area contributed by atoms with Crippen molar-refractivity contribution in [3.05, 3.63) is 0 Å². The molecular formula is C11H25AlO4. The van der Waals surface area contributed by atoms with E-state index in [-0.39, 0.29) is 17.4 Å². The smallest absolute Gasteiger partial charge is 0.852 e. The summed E-state index contributed by atoms with van der Waals surface area (Å²) < 4.78 is 4.50. The molecule has 1 fully saturated rings. The van der Waals surface area contributed by atoms with E-state index in [2.05, 4.69) is 4.74 Å². The van der Waals surface area contributed by atoms with Gasteiger partial charge in [-0.05, 0) is 0 Å². The third-order valence-electron chi connectivity index (χ3n) is 0.204. The molecular weight excluding hydrogens is 223 g/mol. The standard InChI is InChI=1S/3C3H7O.C2H4O.Al/c3*1-3(2)4;1-2-3-1;/h3*3H,1-2H3;1-2H2;/q3*-1;;+3. The molecule has 0 N–H and O–H groups in total. The third kappa shape index (κ3) is 1360. The van der Waals surface area contributed by atoms with E-state index in [1.807, 2.05) is 0 Å². The molecule has 0 radical (unpaired) electrons. The Morgan fingerprint density at radius 3 is 0.750 bits per heavy atom. The first-order valence-electron chi connectivity index (χ1n) is 5.25. The number of epoxide rings is 1. The van der Waals surface area contributed by atoms with Gasteiger partial charge in [-0.25, -0.2) is 0 Å². The molecule has 16 heavy (non-hydrogen) atoms. The third-order valence-corrected chi connectivity index (χ3v) is 0.204. The van der Waals surface area contributed by atoms with Crippen LogP contribution in [0.5, 0.6) is 0 Å². The van der Waals surface area contributed by atoms with Crippen LogP contribution in [0.1, 0.15) is 41.5 Å². The molecule has 1 heterocycles. The van der Waals surface area contributed by atoms with Crippen LogP contribution in [0, 0.1) is 0 Å². The second-order valence-corrected chi connectivity index (χ2v) is 3.76. The van der Waals surface area contributed by atoms with Gasteiger partial charge in [0.25, 0.3) is 0 Å². The van der Waals surface area contributed by atoms with Crippen molar-refractivity contribution in [3.63, 3.8) is 0 Å². The minimum absolute atomic E-state index is 0. The summed E-state index contributed by atoms with van der Waals surface area (Å²) in [5.41, 5.74) is 0. The Hall–Kier alpha value is 0.372. The van der Waals surface area contributed by atoms with Crippen molar-refractivity contribution in [2.75, 3.05) is 13.2 Å². The van der Waals surface area contributed by atoms with Crippen LogP contribution in [0.15, 0.2) is 0 Å². The van der Waals surface area contributed by atoms with Crippen molar-refractivity contribution in [1.29, 1.82) is 0 Å². The fourth-order valence-corrected chi connectivity index (χ4v) is 0. The molecule has 0 aromatic rings. The number of ether oxygens (including phenoxy) is 1. The normalized spacial score (nSPS) is 11.2. The summed E-state index contributed by atoms with van der Waals surface area (Å²) in [5.74, 6) is 0. The molecule has 0 bridgehead atoms. The summed E-state index contributed by atoms with van der Waals surface area (Å²) in [4.78, 5) is 0. The Bertz CT molecular complexity index is 70.7. The van der Waals surface area contributed by atoms with Crippen molar-refractivity contribution in [1.82, 2.24) is 0 Å². The molecule has 0 aromatic carbocycles. The molecule has 1 aliphatic heterocycles. The first kappa shape index (κ1) is 25.3. The predicted octanol–water partition coefficient (Wildman–Crippen LogP) is -1.10. The number of rotatable bonds is 0. The van der Waals surface area contributed by atoms with Crippen molar-refractivity contribution in [2.24, 2.45) is 0 Å². The van der Waals surface area contributed by atoms with Crippen LogP contribution >= 0.6 is 0 Å². The Balaban J connectivity index is -0.0000000588. The van der Waals surface area contributed by atoms with Crippen LogP contribution in [-0.4, -0.2) is 48.9 Å². The minimum Gasteiger partial charge on any atom is -0.852 e. The monoisotopic (exact) mass is 248 g/mol. The predicted molar refractivity (Wildman–Crippen MR) is 62.0 cm³/mol. The Kier molecular flexibility index (Phi) is 32.8. The summed E-state index contributed by atoms with van der Waals surface area (Å²) in [6.45, 7) is 11.7. The van der Waals surface area contributed by atoms with Gasteiger partial charge < -0.3 is 20.1 Å². The van der Waals surface area contributed by atoms with Gasteiger partial charge >= 0.3 is 17.4 Å². The molecule has 0 atom stereocenters. The maximum absolute atomic E-state index is 9.53. The van der Waals surface area contributed by atoms with Crippen molar-refractivity contribution >= 4 is 17.4 Å². The van der Waals surface area contributed by atoms with Gasteiger partial charge in [0.15, 0.2) is 0 Å². The maximum atomic E-state index is 9.53. The van der Waals surface area contributed by atoms with Gasteiger partial charge in [-0.15, -0.1) is 18.3 Å². The van der Waals surface area contributed by atoms with Gasteiger partial charge in [-0.1, -0.05) is 41.5 Å². The van der Waals surface area contributed by atoms with E-state index in [1.54, 1.807) is 41.5 Å². The molecule has 1 rings (SSSR count). The van der Waals surface area contributed by atoms with Crippen LogP contribution in [0.3, 0.4) is 0 Å². The summed E-state index contributed by atoms with van der Waals surface area (Å²) in [5, 5.41) is 28.6. The number of hydrogen-bond donors (Lipinski definition) is 0. The molecule has 5 heteroatoms. The molecule has 1 aliphatic rings. The first-order valence-corrected chi connectivity index (χ1v) is 5.25. The van der Waals surface area contributed by atoms with Crippen molar-refractivity contribution in [3.8, 4) is 0 Å². The second-order valence-electron chi connectivity index (χ2n) is 3.76. The van der Waals surface area contributed by atoms with E-state index < -0.39 is 18.3 Å². The fourth-order valence-electron chi connectivity index (χ4n) is 0. The van der Waals surface area contributed by atoms with E-state index in [0.29, 0.717) is 0 Å². The number of hydrogen-bond acceptors (Lipinski definition) is 4. The molecule has 0 amide bonds. The van der Waals surface area contributed by atoms with Crippen LogP contribution < -0.4 is 15.3 Å². The fraction of sp³-hybridized carbons (Fsp3) is 1.00. The largest absolute Gasteiger partial charge is 3.00 e. The van der Waals surface area contributed by atoms with Crippen LogP contribution in [-0.2, 0) is 4.74 Å². The molecule has 0 aliphatic carbocycles. The van der Waals surface area contributed by atoms with Crippen LogP contribution in [0.4, 0.5) is 0 Å². The molecule has 0 saturated carbocycles. The van der Waals surface area contributed by atoms with Crippen molar-refractivity contribution < 1.29 is 20.1 Å². The molecule has 96 valence electrons. The zero-order valence-electron chi connectivity index (χ0n) is 11.4.